The minimum Gasteiger partial charge on any atom is -0.532 e. The van der Waals surface area contributed by atoms with Gasteiger partial charge in [0.15, 0.2) is 11.7 Å². The van der Waals surface area contributed by atoms with Gasteiger partial charge in [0.25, 0.3) is 0 Å². The molecule has 9 heteroatoms. The molecule has 1 amide bonds. The molecule has 0 aromatic heterocycles. The second-order valence-corrected chi connectivity index (χ2v) is 14.3. The molecule has 172 valence electrons. The number of nitrogens with zero attached hydrogens (tertiary/aromatic N) is 2. The Bertz CT molecular complexity index is 841. The fraction of sp³-hybridized carbons (Fsp3) is 0.545. The summed E-state index contributed by atoms with van der Waals surface area (Å²) >= 11 is 5.96. The maximum absolute atomic E-state index is 14.7. The number of hydrogen-bond donors (Lipinski definition) is 0. The normalized spacial score (nSPS) is 15.8. The van der Waals surface area contributed by atoms with E-state index in [0.29, 0.717) is 31.7 Å². The molecule has 1 aromatic carbocycles. The number of likely N-dealkylation sites (tertiary alicyclic amines) is 1. The van der Waals surface area contributed by atoms with Gasteiger partial charge in [-0.25, -0.2) is 14.2 Å². The molecule has 0 bridgehead atoms. The Morgan fingerprint density at radius 2 is 1.90 bits per heavy atom. The molecule has 0 spiro atoms. The van der Waals surface area contributed by atoms with Gasteiger partial charge in [0.1, 0.15) is 17.5 Å². The van der Waals surface area contributed by atoms with E-state index in [1.54, 1.807) is 11.0 Å². The topological polar surface area (TPSA) is 60.4 Å². The van der Waals surface area contributed by atoms with Crippen molar-refractivity contribution in [2.45, 2.75) is 65.0 Å². The van der Waals surface area contributed by atoms with Crippen molar-refractivity contribution in [2.24, 2.45) is 4.99 Å². The molecule has 31 heavy (non-hydrogen) atoms. The molecule has 0 saturated carbocycles. The molecule has 1 aliphatic heterocycles. The van der Waals surface area contributed by atoms with Crippen molar-refractivity contribution < 1.29 is 23.1 Å². The molecule has 0 radical (unpaired) electrons. The number of piperidine rings is 1. The molecule has 0 atom stereocenters. The number of ether oxygens (including phenoxy) is 2. The third-order valence-electron chi connectivity index (χ3n) is 4.24. The van der Waals surface area contributed by atoms with Crippen LogP contribution in [0.5, 0.6) is 5.75 Å². The first-order valence-electron chi connectivity index (χ1n) is 10.3. The Kier molecular flexibility index (Phi) is 8.16. The van der Waals surface area contributed by atoms with Gasteiger partial charge in [0.2, 0.25) is 8.32 Å². The summed E-state index contributed by atoms with van der Waals surface area (Å²) in [5.41, 5.74) is -0.398. The molecule has 0 unspecified atom stereocenters. The standard InChI is InChI=1S/C22H32ClFN2O4Si/c1-15(30-31(5,6)7)25-14-17-19(9-8-18(23)20(17)24)28-16-10-12-26(13-11-16)21(27)29-22(2,3)4/h8-9,14,16H,1,10-13H2,2-7H3/b25-14+. The lowest BCUT2D eigenvalue weighted by molar-refractivity contribution is 0.0126. The molecule has 1 aliphatic rings. The van der Waals surface area contributed by atoms with Crippen LogP contribution in [0.25, 0.3) is 0 Å². The van der Waals surface area contributed by atoms with Crippen LogP contribution in [0.2, 0.25) is 24.7 Å². The van der Waals surface area contributed by atoms with Crippen LogP contribution in [0.4, 0.5) is 9.18 Å². The van der Waals surface area contributed by atoms with Crippen molar-refractivity contribution in [1.82, 2.24) is 4.90 Å². The van der Waals surface area contributed by atoms with Gasteiger partial charge in [-0.1, -0.05) is 11.6 Å². The van der Waals surface area contributed by atoms with Crippen molar-refractivity contribution in [3.63, 3.8) is 0 Å². The summed E-state index contributed by atoms with van der Waals surface area (Å²) < 4.78 is 31.9. The molecule has 0 N–H and O–H groups in total. The Balaban J connectivity index is 2.07. The van der Waals surface area contributed by atoms with E-state index in [4.69, 9.17) is 25.5 Å². The van der Waals surface area contributed by atoms with Crippen LogP contribution in [0.15, 0.2) is 29.6 Å². The fourth-order valence-corrected chi connectivity index (χ4v) is 3.87. The van der Waals surface area contributed by atoms with E-state index in [-0.39, 0.29) is 28.7 Å². The van der Waals surface area contributed by atoms with E-state index < -0.39 is 19.7 Å². The highest BCUT2D eigenvalue weighted by Gasteiger charge is 2.28. The van der Waals surface area contributed by atoms with E-state index in [1.165, 1.54) is 12.3 Å². The molecular weight excluding hydrogens is 439 g/mol. The highest BCUT2D eigenvalue weighted by molar-refractivity contribution is 6.70. The van der Waals surface area contributed by atoms with Gasteiger partial charge in [-0.3, -0.25) is 0 Å². The predicted molar refractivity (Wildman–Crippen MR) is 124 cm³/mol. The number of hydrogen-bond acceptors (Lipinski definition) is 5. The van der Waals surface area contributed by atoms with E-state index in [9.17, 15) is 9.18 Å². The smallest absolute Gasteiger partial charge is 0.410 e. The summed E-state index contributed by atoms with van der Waals surface area (Å²) in [5.74, 6) is -0.0627. The lowest BCUT2D eigenvalue weighted by atomic mass is 10.1. The predicted octanol–water partition coefficient (Wildman–Crippen LogP) is 6.00. The van der Waals surface area contributed by atoms with Crippen molar-refractivity contribution in [3.8, 4) is 5.75 Å². The first-order valence-corrected chi connectivity index (χ1v) is 14.1. The quantitative estimate of drug-likeness (QED) is 0.290. The Morgan fingerprint density at radius 3 is 2.45 bits per heavy atom. The van der Waals surface area contributed by atoms with Crippen LogP contribution in [0.1, 0.15) is 39.2 Å². The third kappa shape index (κ3) is 8.18. The number of rotatable bonds is 6. The lowest BCUT2D eigenvalue weighted by Crippen LogP contribution is -2.44. The zero-order chi connectivity index (χ0) is 23.4. The highest BCUT2D eigenvalue weighted by atomic mass is 35.5. The number of carbonyl (C=O) groups excluding carboxylic acids is 1. The zero-order valence-electron chi connectivity index (χ0n) is 19.1. The highest BCUT2D eigenvalue weighted by Crippen LogP contribution is 2.29. The molecule has 1 saturated heterocycles. The summed E-state index contributed by atoms with van der Waals surface area (Å²) in [6, 6.07) is 3.07. The lowest BCUT2D eigenvalue weighted by Gasteiger charge is -2.33. The van der Waals surface area contributed by atoms with Gasteiger partial charge in [-0.05, 0) is 59.1 Å². The largest absolute Gasteiger partial charge is 0.532 e. The maximum Gasteiger partial charge on any atom is 0.410 e. The van der Waals surface area contributed by atoms with Crippen molar-refractivity contribution >= 4 is 32.2 Å². The second-order valence-electron chi connectivity index (χ2n) is 9.42. The third-order valence-corrected chi connectivity index (χ3v) is 5.38. The van der Waals surface area contributed by atoms with Crippen LogP contribution in [0, 0.1) is 5.82 Å². The number of aliphatic imine (C=N–C) groups is 1. The molecule has 1 heterocycles. The monoisotopic (exact) mass is 470 g/mol. The summed E-state index contributed by atoms with van der Waals surface area (Å²) in [6.07, 6.45) is 2.02. The van der Waals surface area contributed by atoms with Crippen molar-refractivity contribution in [3.05, 3.63) is 41.0 Å². The van der Waals surface area contributed by atoms with Gasteiger partial charge < -0.3 is 18.8 Å². The van der Waals surface area contributed by atoms with Gasteiger partial charge >= 0.3 is 6.09 Å². The van der Waals surface area contributed by atoms with Crippen molar-refractivity contribution in [2.75, 3.05) is 13.1 Å². The van der Waals surface area contributed by atoms with Gasteiger partial charge in [0.05, 0.1) is 10.6 Å². The van der Waals surface area contributed by atoms with E-state index >= 15 is 0 Å². The SMILES string of the molecule is C=C(/N=C/c1c(OC2CCN(C(=O)OC(C)(C)C)CC2)ccc(Cl)c1F)O[Si](C)(C)C. The molecule has 0 aliphatic carbocycles. The van der Waals surface area contributed by atoms with Crippen molar-refractivity contribution in [1.29, 1.82) is 0 Å². The average Bonchev–Trinajstić information content (AvgIpc) is 2.62. The minimum absolute atomic E-state index is 0.0229. The maximum atomic E-state index is 14.7. The summed E-state index contributed by atoms with van der Waals surface area (Å²) in [7, 11) is -1.87. The summed E-state index contributed by atoms with van der Waals surface area (Å²) in [5, 5.41) is -0.0229. The second kappa shape index (κ2) is 10.0. The first-order chi connectivity index (χ1) is 14.2. The first kappa shape index (κ1) is 25.2. The molecule has 6 nitrogen and oxygen atoms in total. The molecule has 2 rings (SSSR count). The van der Waals surface area contributed by atoms with Gasteiger partial charge in [0, 0.05) is 32.1 Å². The Labute approximate surface area is 190 Å². The number of carbonyl (C=O) groups is 1. The zero-order valence-corrected chi connectivity index (χ0v) is 20.9. The van der Waals surface area contributed by atoms with E-state index in [2.05, 4.69) is 11.6 Å². The number of halogens is 2. The molecule has 1 aromatic rings. The Hall–Kier alpha value is -2.06. The average molecular weight is 471 g/mol. The summed E-state index contributed by atoms with van der Waals surface area (Å²) in [4.78, 5) is 18.0. The fourth-order valence-electron chi connectivity index (χ4n) is 2.95. The van der Waals surface area contributed by atoms with Crippen LogP contribution >= 0.6 is 11.6 Å². The van der Waals surface area contributed by atoms with Crippen LogP contribution in [-0.2, 0) is 9.16 Å². The van der Waals surface area contributed by atoms with E-state index in [1.807, 2.05) is 40.4 Å². The van der Waals surface area contributed by atoms with Crippen LogP contribution in [-0.4, -0.2) is 50.3 Å². The summed E-state index contributed by atoms with van der Waals surface area (Å²) in [6.45, 7) is 16.3. The van der Waals surface area contributed by atoms with Crippen LogP contribution in [0.3, 0.4) is 0 Å². The van der Waals surface area contributed by atoms with Gasteiger partial charge in [-0.15, -0.1) is 0 Å². The minimum atomic E-state index is -1.87. The number of amides is 1. The van der Waals surface area contributed by atoms with Crippen LogP contribution < -0.4 is 4.74 Å². The number of benzene rings is 1. The van der Waals surface area contributed by atoms with E-state index in [0.717, 1.165) is 0 Å². The molecule has 1 fully saturated rings. The molecular formula is C22H32ClFN2O4Si. The Morgan fingerprint density at radius 1 is 1.29 bits per heavy atom. The van der Waals surface area contributed by atoms with Gasteiger partial charge in [-0.2, -0.15) is 0 Å².